The molecule has 2 rings (SSSR count). The van der Waals surface area contributed by atoms with Gasteiger partial charge in [-0.2, -0.15) is 5.10 Å². The van der Waals surface area contributed by atoms with Crippen molar-refractivity contribution in [1.82, 2.24) is 15.1 Å². The summed E-state index contributed by atoms with van der Waals surface area (Å²) in [6.45, 7) is 6.07. The van der Waals surface area contributed by atoms with E-state index in [1.165, 1.54) is 12.1 Å². The van der Waals surface area contributed by atoms with Crippen molar-refractivity contribution >= 4 is 11.9 Å². The number of aromatic carboxylic acids is 1. The average Bonchev–Trinajstić information content (AvgIpc) is 2.77. The first-order chi connectivity index (χ1) is 10.8. The number of aromatic nitrogens is 2. The maximum Gasteiger partial charge on any atom is 0.335 e. The van der Waals surface area contributed by atoms with Crippen molar-refractivity contribution in [2.24, 2.45) is 7.05 Å². The monoisotopic (exact) mass is 315 g/mol. The fourth-order valence-electron chi connectivity index (χ4n) is 2.66. The van der Waals surface area contributed by atoms with Crippen molar-refractivity contribution in [3.05, 3.63) is 52.3 Å². The van der Waals surface area contributed by atoms with E-state index in [4.69, 9.17) is 5.11 Å². The summed E-state index contributed by atoms with van der Waals surface area (Å²) in [5.74, 6) is -1.33. The van der Waals surface area contributed by atoms with Crippen molar-refractivity contribution in [1.29, 1.82) is 0 Å². The first-order valence-electron chi connectivity index (χ1n) is 7.41. The zero-order valence-corrected chi connectivity index (χ0v) is 13.8. The first-order valence-corrected chi connectivity index (χ1v) is 7.41. The summed E-state index contributed by atoms with van der Waals surface area (Å²) in [5.41, 5.74) is 3.88. The van der Waals surface area contributed by atoms with Gasteiger partial charge in [0.05, 0.1) is 17.2 Å². The molecule has 1 amide bonds. The molecule has 0 aliphatic carbocycles. The van der Waals surface area contributed by atoms with Crippen LogP contribution in [0.3, 0.4) is 0 Å². The Hall–Kier alpha value is -2.63. The van der Waals surface area contributed by atoms with Gasteiger partial charge in [0.25, 0.3) is 0 Å². The van der Waals surface area contributed by atoms with Crippen LogP contribution in [0.5, 0.6) is 0 Å². The van der Waals surface area contributed by atoms with Crippen LogP contribution in [0.4, 0.5) is 0 Å². The molecule has 1 aromatic heterocycles. The molecule has 0 aliphatic rings. The van der Waals surface area contributed by atoms with Crippen LogP contribution < -0.4 is 5.32 Å². The van der Waals surface area contributed by atoms with Gasteiger partial charge in [0.15, 0.2) is 0 Å². The summed E-state index contributed by atoms with van der Waals surface area (Å²) in [5, 5.41) is 16.1. The zero-order chi connectivity index (χ0) is 17.1. The number of hydrogen-bond acceptors (Lipinski definition) is 3. The number of benzene rings is 1. The predicted molar refractivity (Wildman–Crippen MR) is 86.3 cm³/mol. The highest BCUT2D eigenvalue weighted by Crippen LogP contribution is 2.23. The number of carbonyl (C=O) groups is 2. The molecule has 2 aromatic rings. The zero-order valence-electron chi connectivity index (χ0n) is 13.8. The Balaban J connectivity index is 2.03. The third-order valence-corrected chi connectivity index (χ3v) is 4.06. The maximum atomic E-state index is 12.4. The van der Waals surface area contributed by atoms with Crippen molar-refractivity contribution in [3.63, 3.8) is 0 Å². The number of nitrogens with zero attached hydrogens (tertiary/aromatic N) is 2. The molecule has 0 saturated heterocycles. The predicted octanol–water partition coefficient (Wildman–Crippen LogP) is 2.16. The Morgan fingerprint density at radius 1 is 1.26 bits per heavy atom. The lowest BCUT2D eigenvalue weighted by atomic mass is 9.98. The van der Waals surface area contributed by atoms with E-state index in [9.17, 15) is 9.59 Å². The molecule has 0 radical (unpaired) electrons. The van der Waals surface area contributed by atoms with Gasteiger partial charge in [-0.15, -0.1) is 0 Å². The number of hydrogen-bond donors (Lipinski definition) is 2. The lowest BCUT2D eigenvalue weighted by molar-refractivity contribution is -0.122. The second-order valence-corrected chi connectivity index (χ2v) is 5.65. The highest BCUT2D eigenvalue weighted by atomic mass is 16.4. The minimum atomic E-state index is -0.961. The Morgan fingerprint density at radius 3 is 2.35 bits per heavy atom. The third kappa shape index (κ3) is 3.59. The van der Waals surface area contributed by atoms with Gasteiger partial charge in [0, 0.05) is 24.8 Å². The molecule has 23 heavy (non-hydrogen) atoms. The maximum absolute atomic E-state index is 12.4. The van der Waals surface area contributed by atoms with Gasteiger partial charge >= 0.3 is 5.97 Å². The Kier molecular flexibility index (Phi) is 4.83. The molecule has 122 valence electrons. The topological polar surface area (TPSA) is 84.2 Å². The minimum absolute atomic E-state index is 0.0773. The van der Waals surface area contributed by atoms with E-state index in [2.05, 4.69) is 10.4 Å². The molecule has 2 N–H and O–H groups in total. The number of nitrogens with one attached hydrogen (secondary N) is 1. The van der Waals surface area contributed by atoms with Crippen LogP contribution >= 0.6 is 0 Å². The van der Waals surface area contributed by atoms with Crippen LogP contribution in [0.1, 0.15) is 45.7 Å². The molecule has 6 heteroatoms. The van der Waals surface area contributed by atoms with Crippen molar-refractivity contribution in [3.8, 4) is 0 Å². The minimum Gasteiger partial charge on any atom is -0.478 e. The van der Waals surface area contributed by atoms with Gasteiger partial charge in [0.2, 0.25) is 5.91 Å². The van der Waals surface area contributed by atoms with Gasteiger partial charge < -0.3 is 10.4 Å². The number of amides is 1. The highest BCUT2D eigenvalue weighted by Gasteiger charge is 2.22. The first kappa shape index (κ1) is 16.7. The largest absolute Gasteiger partial charge is 0.478 e. The standard InChI is InChI=1S/C17H21N3O3/c1-10(15-11(2)19-20(4)12(15)3)16(21)18-9-13-5-7-14(8-6-13)17(22)23/h5-8,10H,9H2,1-4H3,(H,18,21)(H,22,23). The molecule has 0 aliphatic heterocycles. The van der Waals surface area contributed by atoms with Gasteiger partial charge in [-0.05, 0) is 38.5 Å². The molecule has 0 spiro atoms. The Morgan fingerprint density at radius 2 is 1.87 bits per heavy atom. The average molecular weight is 315 g/mol. The quantitative estimate of drug-likeness (QED) is 0.885. The number of carbonyl (C=O) groups excluding carboxylic acids is 1. The molecular weight excluding hydrogens is 294 g/mol. The molecule has 1 atom stereocenters. The molecular formula is C17H21N3O3. The number of rotatable bonds is 5. The van der Waals surface area contributed by atoms with Crippen molar-refractivity contribution in [2.75, 3.05) is 0 Å². The fourth-order valence-corrected chi connectivity index (χ4v) is 2.66. The SMILES string of the molecule is Cc1nn(C)c(C)c1C(C)C(=O)NCc1ccc(C(=O)O)cc1. The van der Waals surface area contributed by atoms with Crippen LogP contribution in [0.15, 0.2) is 24.3 Å². The number of aryl methyl sites for hydroxylation is 2. The normalized spacial score (nSPS) is 12.0. The van der Waals surface area contributed by atoms with Crippen molar-refractivity contribution in [2.45, 2.75) is 33.2 Å². The van der Waals surface area contributed by atoms with Gasteiger partial charge in [0.1, 0.15) is 0 Å². The molecule has 1 heterocycles. The van der Waals surface area contributed by atoms with Gasteiger partial charge in [-0.25, -0.2) is 4.79 Å². The summed E-state index contributed by atoms with van der Waals surface area (Å²) >= 11 is 0. The number of carboxylic acids is 1. The molecule has 1 unspecified atom stereocenters. The molecule has 0 saturated carbocycles. The lowest BCUT2D eigenvalue weighted by Gasteiger charge is -2.13. The lowest BCUT2D eigenvalue weighted by Crippen LogP contribution is -2.28. The van der Waals surface area contributed by atoms with Crippen LogP contribution in [-0.4, -0.2) is 26.8 Å². The van der Waals surface area contributed by atoms with Crippen LogP contribution in [0.2, 0.25) is 0 Å². The van der Waals surface area contributed by atoms with Gasteiger partial charge in [-0.3, -0.25) is 9.48 Å². The molecule has 1 aromatic carbocycles. The fraction of sp³-hybridized carbons (Fsp3) is 0.353. The third-order valence-electron chi connectivity index (χ3n) is 4.06. The van der Waals surface area contributed by atoms with E-state index in [-0.39, 0.29) is 17.4 Å². The smallest absolute Gasteiger partial charge is 0.335 e. The summed E-state index contributed by atoms with van der Waals surface area (Å²) < 4.78 is 1.78. The van der Waals surface area contributed by atoms with Crippen LogP contribution in [0, 0.1) is 13.8 Å². The van der Waals surface area contributed by atoms with E-state index in [0.29, 0.717) is 6.54 Å². The summed E-state index contributed by atoms with van der Waals surface area (Å²) in [6, 6.07) is 6.47. The van der Waals surface area contributed by atoms with E-state index in [0.717, 1.165) is 22.5 Å². The Bertz CT molecular complexity index is 732. The second-order valence-electron chi connectivity index (χ2n) is 5.65. The van der Waals surface area contributed by atoms with E-state index >= 15 is 0 Å². The van der Waals surface area contributed by atoms with Crippen LogP contribution in [-0.2, 0) is 18.4 Å². The molecule has 0 bridgehead atoms. The summed E-state index contributed by atoms with van der Waals surface area (Å²) in [7, 11) is 1.86. The highest BCUT2D eigenvalue weighted by molar-refractivity contribution is 5.87. The summed E-state index contributed by atoms with van der Waals surface area (Å²) in [4.78, 5) is 23.2. The molecule has 6 nitrogen and oxygen atoms in total. The van der Waals surface area contributed by atoms with E-state index in [1.54, 1.807) is 16.8 Å². The van der Waals surface area contributed by atoms with Gasteiger partial charge in [-0.1, -0.05) is 12.1 Å². The second kappa shape index (κ2) is 6.64. The van der Waals surface area contributed by atoms with E-state index < -0.39 is 5.97 Å². The molecule has 0 fully saturated rings. The van der Waals surface area contributed by atoms with E-state index in [1.807, 2.05) is 27.8 Å². The number of carboxylic acid groups (broad SMARTS) is 1. The summed E-state index contributed by atoms with van der Waals surface area (Å²) in [6.07, 6.45) is 0. The van der Waals surface area contributed by atoms with Crippen molar-refractivity contribution < 1.29 is 14.7 Å². The Labute approximate surface area is 135 Å². The van der Waals surface area contributed by atoms with Crippen LogP contribution in [0.25, 0.3) is 0 Å².